The van der Waals surface area contributed by atoms with Gasteiger partial charge in [0, 0.05) is 13.1 Å². The van der Waals surface area contributed by atoms with Gasteiger partial charge in [-0.25, -0.2) is 14.6 Å². The number of benzene rings is 1. The number of hydrogen-bond acceptors (Lipinski definition) is 5. The Morgan fingerprint density at radius 2 is 1.96 bits per heavy atom. The van der Waals surface area contributed by atoms with Crippen molar-refractivity contribution < 1.29 is 9.53 Å². The minimum atomic E-state index is -0.501. The first-order chi connectivity index (χ1) is 12.5. The molecule has 0 unspecified atom stereocenters. The van der Waals surface area contributed by atoms with Crippen LogP contribution in [0.3, 0.4) is 0 Å². The fourth-order valence-electron chi connectivity index (χ4n) is 2.58. The second kappa shape index (κ2) is 7.22. The number of rotatable bonds is 5. The van der Waals surface area contributed by atoms with Crippen molar-refractivity contribution in [2.45, 2.75) is 13.8 Å². The number of aromatic nitrogens is 4. The fourth-order valence-corrected chi connectivity index (χ4v) is 2.58. The quantitative estimate of drug-likeness (QED) is 0.757. The SMILES string of the molecule is CCOc1cc(C(=O)Nc2c(C)n(C)n(-c3ccccc3)c2=O)ncn1. The molecule has 0 aliphatic rings. The molecule has 0 saturated carbocycles. The minimum Gasteiger partial charge on any atom is -0.478 e. The van der Waals surface area contributed by atoms with Gasteiger partial charge in [-0.3, -0.25) is 14.3 Å². The fraction of sp³-hybridized carbons (Fsp3) is 0.222. The van der Waals surface area contributed by atoms with Gasteiger partial charge in [0.05, 0.1) is 18.0 Å². The first-order valence-electron chi connectivity index (χ1n) is 8.13. The summed E-state index contributed by atoms with van der Waals surface area (Å²) in [5.41, 5.74) is 1.36. The minimum absolute atomic E-state index is 0.123. The summed E-state index contributed by atoms with van der Waals surface area (Å²) in [5.74, 6) is -0.196. The number of carbonyl (C=O) groups excluding carboxylic acids is 1. The van der Waals surface area contributed by atoms with Crippen molar-refractivity contribution >= 4 is 11.6 Å². The summed E-state index contributed by atoms with van der Waals surface area (Å²) in [6.45, 7) is 4.01. The molecular weight excluding hydrogens is 334 g/mol. The average molecular weight is 353 g/mol. The van der Waals surface area contributed by atoms with Crippen LogP contribution in [0, 0.1) is 6.92 Å². The summed E-state index contributed by atoms with van der Waals surface area (Å²) in [5, 5.41) is 2.66. The van der Waals surface area contributed by atoms with Crippen molar-refractivity contribution in [3.63, 3.8) is 0 Å². The monoisotopic (exact) mass is 353 g/mol. The lowest BCUT2D eigenvalue weighted by Crippen LogP contribution is -2.23. The topological polar surface area (TPSA) is 91.0 Å². The van der Waals surface area contributed by atoms with Crippen molar-refractivity contribution in [1.29, 1.82) is 0 Å². The van der Waals surface area contributed by atoms with E-state index in [0.29, 0.717) is 23.9 Å². The molecule has 134 valence electrons. The molecule has 2 aromatic heterocycles. The van der Waals surface area contributed by atoms with Crippen LogP contribution in [0.15, 0.2) is 47.5 Å². The molecule has 1 aromatic carbocycles. The van der Waals surface area contributed by atoms with E-state index < -0.39 is 5.91 Å². The summed E-state index contributed by atoms with van der Waals surface area (Å²) in [6, 6.07) is 10.7. The van der Waals surface area contributed by atoms with E-state index in [1.165, 1.54) is 17.1 Å². The Balaban J connectivity index is 1.95. The van der Waals surface area contributed by atoms with Gasteiger partial charge in [-0.1, -0.05) is 18.2 Å². The Labute approximate surface area is 150 Å². The molecule has 0 spiro atoms. The van der Waals surface area contributed by atoms with Crippen molar-refractivity contribution in [2.75, 3.05) is 11.9 Å². The molecule has 3 rings (SSSR count). The zero-order chi connectivity index (χ0) is 18.7. The molecule has 0 aliphatic carbocycles. The summed E-state index contributed by atoms with van der Waals surface area (Å²) < 4.78 is 8.46. The number of anilines is 1. The van der Waals surface area contributed by atoms with Gasteiger partial charge in [-0.2, -0.15) is 0 Å². The third-order valence-corrected chi connectivity index (χ3v) is 3.96. The molecule has 26 heavy (non-hydrogen) atoms. The molecule has 1 amide bonds. The van der Waals surface area contributed by atoms with Gasteiger partial charge in [0.1, 0.15) is 17.7 Å². The van der Waals surface area contributed by atoms with Gasteiger partial charge >= 0.3 is 0 Å². The lowest BCUT2D eigenvalue weighted by Gasteiger charge is -2.07. The van der Waals surface area contributed by atoms with Crippen LogP contribution in [0.1, 0.15) is 23.1 Å². The van der Waals surface area contributed by atoms with Crippen LogP contribution in [0.2, 0.25) is 0 Å². The number of nitrogens with zero attached hydrogens (tertiary/aromatic N) is 4. The predicted molar refractivity (Wildman–Crippen MR) is 96.9 cm³/mol. The lowest BCUT2D eigenvalue weighted by molar-refractivity contribution is 0.102. The molecule has 0 atom stereocenters. The third kappa shape index (κ3) is 3.21. The van der Waals surface area contributed by atoms with Crippen molar-refractivity contribution in [3.8, 4) is 11.6 Å². The van der Waals surface area contributed by atoms with Crippen molar-refractivity contribution in [1.82, 2.24) is 19.3 Å². The molecule has 2 heterocycles. The summed E-state index contributed by atoms with van der Waals surface area (Å²) in [4.78, 5) is 33.2. The summed E-state index contributed by atoms with van der Waals surface area (Å²) in [7, 11) is 1.76. The summed E-state index contributed by atoms with van der Waals surface area (Å²) >= 11 is 0. The molecular formula is C18H19N5O3. The van der Waals surface area contributed by atoms with Crippen molar-refractivity contribution in [3.05, 3.63) is 64.5 Å². The van der Waals surface area contributed by atoms with Crippen LogP contribution in [0.5, 0.6) is 5.88 Å². The van der Waals surface area contributed by atoms with Gasteiger partial charge in [0.15, 0.2) is 0 Å². The zero-order valence-electron chi connectivity index (χ0n) is 14.8. The predicted octanol–water partition coefficient (Wildman–Crippen LogP) is 1.93. The van der Waals surface area contributed by atoms with Crippen molar-refractivity contribution in [2.24, 2.45) is 7.05 Å². The van der Waals surface area contributed by atoms with Gasteiger partial charge in [-0.15, -0.1) is 0 Å². The van der Waals surface area contributed by atoms with Gasteiger partial charge < -0.3 is 10.1 Å². The Hall–Kier alpha value is -3.42. The normalized spacial score (nSPS) is 10.6. The smallest absolute Gasteiger partial charge is 0.295 e. The Morgan fingerprint density at radius 3 is 2.65 bits per heavy atom. The van der Waals surface area contributed by atoms with E-state index in [9.17, 15) is 9.59 Å². The van der Waals surface area contributed by atoms with Gasteiger partial charge in [0.25, 0.3) is 11.5 Å². The van der Waals surface area contributed by atoms with Gasteiger partial charge in [0.2, 0.25) is 5.88 Å². The molecule has 8 heteroatoms. The number of ether oxygens (including phenoxy) is 1. The molecule has 8 nitrogen and oxygen atoms in total. The maximum atomic E-state index is 12.8. The number of amides is 1. The molecule has 3 aromatic rings. The molecule has 0 saturated heterocycles. The van der Waals surface area contributed by atoms with Crippen LogP contribution < -0.4 is 15.6 Å². The second-order valence-electron chi connectivity index (χ2n) is 5.57. The number of hydrogen-bond donors (Lipinski definition) is 1. The van der Waals surface area contributed by atoms with Crippen LogP contribution in [0.25, 0.3) is 5.69 Å². The highest BCUT2D eigenvalue weighted by Crippen LogP contribution is 2.15. The van der Waals surface area contributed by atoms with E-state index in [1.54, 1.807) is 18.7 Å². The largest absolute Gasteiger partial charge is 0.478 e. The standard InChI is InChI=1S/C18H19N5O3/c1-4-26-15-10-14(19-11-20-15)17(24)21-16-12(2)22(3)23(18(16)25)13-8-6-5-7-9-13/h5-11H,4H2,1-3H3,(H,21,24). The van der Waals surface area contributed by atoms with E-state index in [2.05, 4.69) is 15.3 Å². The third-order valence-electron chi connectivity index (χ3n) is 3.96. The van der Waals surface area contributed by atoms with E-state index in [1.807, 2.05) is 37.3 Å². The highest BCUT2D eigenvalue weighted by molar-refractivity contribution is 6.03. The second-order valence-corrected chi connectivity index (χ2v) is 5.57. The summed E-state index contributed by atoms with van der Waals surface area (Å²) in [6.07, 6.45) is 1.25. The first-order valence-corrected chi connectivity index (χ1v) is 8.13. The first kappa shape index (κ1) is 17.4. The number of carbonyl (C=O) groups is 1. The number of nitrogens with one attached hydrogen (secondary N) is 1. The number of para-hydroxylation sites is 1. The molecule has 0 bridgehead atoms. The van der Waals surface area contributed by atoms with Crippen LogP contribution in [0.4, 0.5) is 5.69 Å². The Kier molecular flexibility index (Phi) is 4.83. The highest BCUT2D eigenvalue weighted by atomic mass is 16.5. The van der Waals surface area contributed by atoms with E-state index >= 15 is 0 Å². The zero-order valence-corrected chi connectivity index (χ0v) is 14.8. The van der Waals surface area contributed by atoms with Gasteiger partial charge in [-0.05, 0) is 26.0 Å². The van der Waals surface area contributed by atoms with Crippen LogP contribution in [-0.2, 0) is 7.05 Å². The van der Waals surface area contributed by atoms with E-state index in [-0.39, 0.29) is 16.9 Å². The van der Waals surface area contributed by atoms with E-state index in [0.717, 1.165) is 0 Å². The maximum Gasteiger partial charge on any atom is 0.295 e. The van der Waals surface area contributed by atoms with Crippen LogP contribution >= 0.6 is 0 Å². The molecule has 0 radical (unpaired) electrons. The molecule has 0 fully saturated rings. The maximum absolute atomic E-state index is 12.8. The lowest BCUT2D eigenvalue weighted by atomic mass is 10.3. The molecule has 0 aliphatic heterocycles. The molecule has 1 N–H and O–H groups in total. The van der Waals surface area contributed by atoms with E-state index in [4.69, 9.17) is 4.74 Å². The Morgan fingerprint density at radius 1 is 1.23 bits per heavy atom. The van der Waals surface area contributed by atoms with Crippen LogP contribution in [-0.4, -0.2) is 31.8 Å². The average Bonchev–Trinajstić information content (AvgIpc) is 2.86. The Bertz CT molecular complexity index is 992. The highest BCUT2D eigenvalue weighted by Gasteiger charge is 2.19.